The fourth-order valence-electron chi connectivity index (χ4n) is 2.27. The molecule has 1 aliphatic heterocycles. The van der Waals surface area contributed by atoms with E-state index in [2.05, 4.69) is 15.6 Å². The summed E-state index contributed by atoms with van der Waals surface area (Å²) in [5, 5.41) is 6.33. The predicted octanol–water partition coefficient (Wildman–Crippen LogP) is 1.83. The van der Waals surface area contributed by atoms with Crippen molar-refractivity contribution in [3.63, 3.8) is 0 Å². The molecule has 1 aliphatic rings. The van der Waals surface area contributed by atoms with Crippen molar-refractivity contribution in [2.75, 3.05) is 32.7 Å². The quantitative estimate of drug-likeness (QED) is 0.600. The zero-order valence-electron chi connectivity index (χ0n) is 12.4. The summed E-state index contributed by atoms with van der Waals surface area (Å²) in [4.78, 5) is 5.91. The largest absolute Gasteiger partial charge is 0.401 e. The van der Waals surface area contributed by atoms with E-state index in [9.17, 15) is 13.2 Å². The first kappa shape index (κ1) is 17.1. The van der Waals surface area contributed by atoms with Gasteiger partial charge in [-0.1, -0.05) is 0 Å². The number of rotatable bonds is 5. The summed E-state index contributed by atoms with van der Waals surface area (Å²) in [6.45, 7) is 7.54. The Morgan fingerprint density at radius 3 is 2.65 bits per heavy atom. The molecule has 0 aromatic rings. The molecular formula is C13H25F3N4. The van der Waals surface area contributed by atoms with Gasteiger partial charge in [0.1, 0.15) is 0 Å². The highest BCUT2D eigenvalue weighted by Crippen LogP contribution is 2.22. The standard InChI is InChI=1S/C13H25F3N4/c1-4-17-12(19-10(2)3)18-7-11-5-6-20(8-11)9-13(14,15)16/h10-11H,4-9H2,1-3H3,(H2,17,18,19). The van der Waals surface area contributed by atoms with Crippen LogP contribution in [0.1, 0.15) is 27.2 Å². The summed E-state index contributed by atoms with van der Waals surface area (Å²) in [6, 6.07) is 0.276. The highest BCUT2D eigenvalue weighted by atomic mass is 19.4. The Kier molecular flexibility index (Phi) is 6.58. The predicted molar refractivity (Wildman–Crippen MR) is 74.9 cm³/mol. The van der Waals surface area contributed by atoms with Gasteiger partial charge in [0.05, 0.1) is 6.54 Å². The molecule has 0 aromatic carbocycles. The van der Waals surface area contributed by atoms with Crippen LogP contribution in [0.3, 0.4) is 0 Å². The number of guanidine groups is 1. The van der Waals surface area contributed by atoms with Gasteiger partial charge in [-0.3, -0.25) is 9.89 Å². The number of halogens is 3. The molecule has 0 aromatic heterocycles. The Labute approximate surface area is 118 Å². The first-order valence-corrected chi connectivity index (χ1v) is 7.14. The van der Waals surface area contributed by atoms with Crippen LogP contribution in [0.4, 0.5) is 13.2 Å². The van der Waals surface area contributed by atoms with Crippen LogP contribution in [0.2, 0.25) is 0 Å². The van der Waals surface area contributed by atoms with E-state index in [1.165, 1.54) is 4.90 Å². The monoisotopic (exact) mass is 294 g/mol. The normalized spacial score (nSPS) is 21.6. The van der Waals surface area contributed by atoms with Crippen LogP contribution < -0.4 is 10.6 Å². The number of nitrogens with zero attached hydrogens (tertiary/aromatic N) is 2. The summed E-state index contributed by atoms with van der Waals surface area (Å²) in [5.74, 6) is 0.941. The van der Waals surface area contributed by atoms with Crippen LogP contribution in [0.15, 0.2) is 4.99 Å². The fraction of sp³-hybridized carbons (Fsp3) is 0.923. The minimum absolute atomic E-state index is 0.208. The topological polar surface area (TPSA) is 39.7 Å². The lowest BCUT2D eigenvalue weighted by molar-refractivity contribution is -0.143. The van der Waals surface area contributed by atoms with E-state index in [-0.39, 0.29) is 12.0 Å². The zero-order chi connectivity index (χ0) is 15.2. The summed E-state index contributed by atoms with van der Waals surface area (Å²) < 4.78 is 36.9. The number of hydrogen-bond acceptors (Lipinski definition) is 2. The molecule has 7 heteroatoms. The molecule has 0 aliphatic carbocycles. The Morgan fingerprint density at radius 2 is 2.10 bits per heavy atom. The van der Waals surface area contributed by atoms with Crippen molar-refractivity contribution in [1.29, 1.82) is 0 Å². The van der Waals surface area contributed by atoms with Crippen molar-refractivity contribution >= 4 is 5.96 Å². The van der Waals surface area contributed by atoms with Gasteiger partial charge in [0.2, 0.25) is 0 Å². The summed E-state index contributed by atoms with van der Waals surface area (Å²) in [7, 11) is 0. The van der Waals surface area contributed by atoms with E-state index in [1.54, 1.807) is 0 Å². The number of likely N-dealkylation sites (tertiary alicyclic amines) is 1. The molecule has 0 bridgehead atoms. The summed E-state index contributed by atoms with van der Waals surface area (Å²) in [6.07, 6.45) is -3.33. The third kappa shape index (κ3) is 6.98. The summed E-state index contributed by atoms with van der Waals surface area (Å²) >= 11 is 0. The molecule has 1 rings (SSSR count). The average Bonchev–Trinajstić information content (AvgIpc) is 2.70. The van der Waals surface area contributed by atoms with Gasteiger partial charge in [-0.05, 0) is 39.7 Å². The van der Waals surface area contributed by atoms with Crippen LogP contribution in [-0.4, -0.2) is 55.8 Å². The van der Waals surface area contributed by atoms with Crippen LogP contribution in [0, 0.1) is 5.92 Å². The molecule has 118 valence electrons. The number of hydrogen-bond donors (Lipinski definition) is 2. The maximum atomic E-state index is 12.3. The molecule has 20 heavy (non-hydrogen) atoms. The van der Waals surface area contributed by atoms with Gasteiger partial charge in [0.15, 0.2) is 5.96 Å². The molecular weight excluding hydrogens is 269 g/mol. The van der Waals surface area contributed by atoms with Crippen molar-refractivity contribution in [2.24, 2.45) is 10.9 Å². The lowest BCUT2D eigenvalue weighted by atomic mass is 10.1. The average molecular weight is 294 g/mol. The lowest BCUT2D eigenvalue weighted by Gasteiger charge is -2.18. The van der Waals surface area contributed by atoms with Crippen molar-refractivity contribution in [3.8, 4) is 0 Å². The summed E-state index contributed by atoms with van der Waals surface area (Å²) in [5.41, 5.74) is 0. The molecule has 0 radical (unpaired) electrons. The third-order valence-corrected chi connectivity index (χ3v) is 3.05. The van der Waals surface area contributed by atoms with Gasteiger partial charge < -0.3 is 10.6 Å². The minimum Gasteiger partial charge on any atom is -0.357 e. The van der Waals surface area contributed by atoms with Crippen molar-refractivity contribution in [1.82, 2.24) is 15.5 Å². The Bertz CT molecular complexity index is 315. The van der Waals surface area contributed by atoms with E-state index in [0.29, 0.717) is 19.6 Å². The van der Waals surface area contributed by atoms with E-state index >= 15 is 0 Å². The van der Waals surface area contributed by atoms with Crippen LogP contribution >= 0.6 is 0 Å². The van der Waals surface area contributed by atoms with Gasteiger partial charge in [-0.2, -0.15) is 13.2 Å². The minimum atomic E-state index is -4.10. The second-order valence-corrected chi connectivity index (χ2v) is 5.52. The second kappa shape index (κ2) is 7.71. The molecule has 1 saturated heterocycles. The SMILES string of the molecule is CCNC(=NCC1CCN(CC(F)(F)F)C1)NC(C)C. The fourth-order valence-corrected chi connectivity index (χ4v) is 2.27. The van der Waals surface area contributed by atoms with Gasteiger partial charge in [-0.15, -0.1) is 0 Å². The Morgan fingerprint density at radius 1 is 1.40 bits per heavy atom. The third-order valence-electron chi connectivity index (χ3n) is 3.05. The molecule has 0 spiro atoms. The second-order valence-electron chi connectivity index (χ2n) is 5.52. The molecule has 1 fully saturated rings. The van der Waals surface area contributed by atoms with Crippen LogP contribution in [0.5, 0.6) is 0 Å². The van der Waals surface area contributed by atoms with Gasteiger partial charge in [0, 0.05) is 25.7 Å². The van der Waals surface area contributed by atoms with Gasteiger partial charge in [-0.25, -0.2) is 0 Å². The molecule has 1 heterocycles. The molecule has 1 unspecified atom stereocenters. The van der Waals surface area contributed by atoms with Crippen molar-refractivity contribution < 1.29 is 13.2 Å². The molecule has 0 amide bonds. The van der Waals surface area contributed by atoms with Gasteiger partial charge in [0.25, 0.3) is 0 Å². The number of nitrogens with one attached hydrogen (secondary N) is 2. The maximum absolute atomic E-state index is 12.3. The molecule has 0 saturated carbocycles. The first-order chi connectivity index (χ1) is 9.30. The number of alkyl halides is 3. The zero-order valence-corrected chi connectivity index (χ0v) is 12.4. The van der Waals surface area contributed by atoms with Gasteiger partial charge >= 0.3 is 6.18 Å². The molecule has 1 atom stereocenters. The highest BCUT2D eigenvalue weighted by molar-refractivity contribution is 5.79. The lowest BCUT2D eigenvalue weighted by Crippen LogP contribution is -2.41. The smallest absolute Gasteiger partial charge is 0.357 e. The molecule has 4 nitrogen and oxygen atoms in total. The Balaban J connectivity index is 2.41. The Hall–Kier alpha value is -0.980. The van der Waals surface area contributed by atoms with Crippen LogP contribution in [-0.2, 0) is 0 Å². The number of aliphatic imine (C=N–C) groups is 1. The van der Waals surface area contributed by atoms with E-state index in [4.69, 9.17) is 0 Å². The van der Waals surface area contributed by atoms with E-state index in [1.807, 2.05) is 20.8 Å². The first-order valence-electron chi connectivity index (χ1n) is 7.14. The van der Waals surface area contributed by atoms with E-state index < -0.39 is 12.7 Å². The van der Waals surface area contributed by atoms with Crippen LogP contribution in [0.25, 0.3) is 0 Å². The maximum Gasteiger partial charge on any atom is 0.401 e. The highest BCUT2D eigenvalue weighted by Gasteiger charge is 2.34. The van der Waals surface area contributed by atoms with Crippen molar-refractivity contribution in [2.45, 2.75) is 39.4 Å². The van der Waals surface area contributed by atoms with Crippen molar-refractivity contribution in [3.05, 3.63) is 0 Å². The van der Waals surface area contributed by atoms with E-state index in [0.717, 1.165) is 18.9 Å². The molecule has 2 N–H and O–H groups in total.